The smallest absolute Gasteiger partial charge is 0.255 e. The van der Waals surface area contributed by atoms with Crippen LogP contribution in [0, 0.1) is 0 Å². The van der Waals surface area contributed by atoms with Crippen molar-refractivity contribution in [2.24, 2.45) is 0 Å². The largest absolute Gasteiger partial charge is 0.329 e. The molecule has 1 atom stereocenters. The molecule has 0 fully saturated rings. The van der Waals surface area contributed by atoms with Gasteiger partial charge in [-0.2, -0.15) is 0 Å². The van der Waals surface area contributed by atoms with E-state index in [0.717, 1.165) is 27.4 Å². The van der Waals surface area contributed by atoms with Gasteiger partial charge in [0.05, 0.1) is 33.9 Å². The Morgan fingerprint density at radius 1 is 1.11 bits per heavy atom. The minimum atomic E-state index is 0.0206. The normalized spacial score (nSPS) is 16.5. The second-order valence-electron chi connectivity index (χ2n) is 6.72. The summed E-state index contributed by atoms with van der Waals surface area (Å²) in [4.78, 5) is 19.4. The number of nitrogens with zero attached hydrogens (tertiary/aromatic N) is 5. The molecule has 4 aromatic rings. The Labute approximate surface area is 160 Å². The monoisotopic (exact) mass is 375 g/mol. The second-order valence-corrected chi connectivity index (χ2v) is 7.57. The van der Waals surface area contributed by atoms with Gasteiger partial charge in [0.25, 0.3) is 5.91 Å². The van der Waals surface area contributed by atoms with E-state index in [4.69, 9.17) is 0 Å². The van der Waals surface area contributed by atoms with Crippen molar-refractivity contribution in [3.8, 4) is 11.4 Å². The summed E-state index contributed by atoms with van der Waals surface area (Å²) < 4.78 is 3.08. The lowest BCUT2D eigenvalue weighted by Crippen LogP contribution is -2.40. The van der Waals surface area contributed by atoms with Crippen LogP contribution in [-0.2, 0) is 6.54 Å². The van der Waals surface area contributed by atoms with E-state index in [0.29, 0.717) is 18.7 Å². The highest BCUT2D eigenvalue weighted by molar-refractivity contribution is 7.17. The lowest BCUT2D eigenvalue weighted by atomic mass is 10.1. The second kappa shape index (κ2) is 6.28. The summed E-state index contributed by atoms with van der Waals surface area (Å²) in [6, 6.07) is 15.8. The van der Waals surface area contributed by atoms with E-state index in [1.807, 2.05) is 53.4 Å². The number of amides is 1. The van der Waals surface area contributed by atoms with Crippen molar-refractivity contribution in [1.29, 1.82) is 0 Å². The maximum Gasteiger partial charge on any atom is 0.255 e. The first-order valence-corrected chi connectivity index (χ1v) is 9.71. The minimum absolute atomic E-state index is 0.0206. The molecule has 5 rings (SSSR count). The van der Waals surface area contributed by atoms with Crippen LogP contribution in [0.25, 0.3) is 21.6 Å². The Hall–Kier alpha value is -3.06. The van der Waals surface area contributed by atoms with Gasteiger partial charge in [-0.1, -0.05) is 36.4 Å². The molecule has 0 unspecified atom stereocenters. The summed E-state index contributed by atoms with van der Waals surface area (Å²) >= 11 is 1.50. The zero-order valence-corrected chi connectivity index (χ0v) is 15.6. The van der Waals surface area contributed by atoms with Crippen LogP contribution in [0.3, 0.4) is 0 Å². The quantitative estimate of drug-likeness (QED) is 0.535. The van der Waals surface area contributed by atoms with Crippen molar-refractivity contribution in [3.63, 3.8) is 0 Å². The Morgan fingerprint density at radius 2 is 1.96 bits per heavy atom. The zero-order chi connectivity index (χ0) is 18.4. The molecule has 1 aliphatic heterocycles. The summed E-state index contributed by atoms with van der Waals surface area (Å²) in [6.45, 7) is 3.18. The van der Waals surface area contributed by atoms with Crippen molar-refractivity contribution in [2.45, 2.75) is 19.5 Å². The summed E-state index contributed by atoms with van der Waals surface area (Å²) in [7, 11) is 0. The maximum absolute atomic E-state index is 13.2. The van der Waals surface area contributed by atoms with E-state index in [9.17, 15) is 4.79 Å². The van der Waals surface area contributed by atoms with E-state index >= 15 is 0 Å². The Morgan fingerprint density at radius 3 is 2.81 bits per heavy atom. The zero-order valence-electron chi connectivity index (χ0n) is 14.7. The molecular formula is C20H17N5OS. The van der Waals surface area contributed by atoms with Gasteiger partial charge in [-0.3, -0.25) is 4.79 Å². The number of aromatic nitrogens is 4. The van der Waals surface area contributed by atoms with Gasteiger partial charge < -0.3 is 9.47 Å². The number of hydrogen-bond donors (Lipinski definition) is 0. The van der Waals surface area contributed by atoms with Crippen LogP contribution in [0.2, 0.25) is 0 Å². The molecule has 0 N–H and O–H groups in total. The average Bonchev–Trinajstić information content (AvgIpc) is 3.35. The van der Waals surface area contributed by atoms with Gasteiger partial charge in [0.1, 0.15) is 0 Å². The first-order chi connectivity index (χ1) is 13.2. The molecule has 0 saturated carbocycles. The van der Waals surface area contributed by atoms with Crippen LogP contribution < -0.4 is 0 Å². The van der Waals surface area contributed by atoms with Crippen LogP contribution in [0.5, 0.6) is 0 Å². The van der Waals surface area contributed by atoms with Crippen LogP contribution in [0.4, 0.5) is 0 Å². The van der Waals surface area contributed by atoms with Gasteiger partial charge >= 0.3 is 0 Å². The molecule has 0 aliphatic carbocycles. The summed E-state index contributed by atoms with van der Waals surface area (Å²) in [6.07, 6.45) is 0. The number of rotatable bonds is 2. The number of fused-ring (bicyclic) bond motifs is 2. The third-order valence-electron chi connectivity index (χ3n) is 4.93. The van der Waals surface area contributed by atoms with E-state index in [1.54, 1.807) is 5.51 Å². The summed E-state index contributed by atoms with van der Waals surface area (Å²) in [5.74, 6) is 1.69. The van der Waals surface area contributed by atoms with Crippen LogP contribution >= 0.6 is 11.3 Å². The molecule has 1 amide bonds. The molecule has 0 saturated heterocycles. The molecule has 2 aromatic heterocycles. The SMILES string of the molecule is C[C@H]1CN(C(=O)c2cccc3ncsc23)Cc2nnc(-c3ccccc3)n21. The van der Waals surface area contributed by atoms with E-state index < -0.39 is 0 Å². The highest BCUT2D eigenvalue weighted by Crippen LogP contribution is 2.30. The van der Waals surface area contributed by atoms with Crippen LogP contribution in [0.15, 0.2) is 54.0 Å². The topological polar surface area (TPSA) is 63.9 Å². The molecule has 6 nitrogen and oxygen atoms in total. The minimum Gasteiger partial charge on any atom is -0.329 e. The standard InChI is InChI=1S/C20H17N5OS/c1-13-10-24(20(26)15-8-5-9-16-18(15)27-12-21-16)11-17-22-23-19(25(13)17)14-6-3-2-4-7-14/h2-9,12-13H,10-11H2,1H3/t13-/m0/s1. The number of hydrogen-bond acceptors (Lipinski definition) is 5. The molecule has 0 radical (unpaired) electrons. The Kier molecular flexibility index (Phi) is 3.75. The highest BCUT2D eigenvalue weighted by atomic mass is 32.1. The first kappa shape index (κ1) is 16.1. The van der Waals surface area contributed by atoms with Crippen molar-refractivity contribution in [1.82, 2.24) is 24.6 Å². The summed E-state index contributed by atoms with van der Waals surface area (Å²) in [5.41, 5.74) is 4.39. The Bertz CT molecular complexity index is 1130. The van der Waals surface area contributed by atoms with Crippen molar-refractivity contribution in [2.75, 3.05) is 6.54 Å². The van der Waals surface area contributed by atoms with E-state index in [-0.39, 0.29) is 11.9 Å². The van der Waals surface area contributed by atoms with Gasteiger partial charge in [-0.05, 0) is 19.1 Å². The highest BCUT2D eigenvalue weighted by Gasteiger charge is 2.30. The number of benzene rings is 2. The fraction of sp³-hybridized carbons (Fsp3) is 0.200. The molecule has 1 aliphatic rings. The van der Waals surface area contributed by atoms with Crippen molar-refractivity contribution in [3.05, 3.63) is 65.4 Å². The third kappa shape index (κ3) is 2.62. The van der Waals surface area contributed by atoms with Gasteiger partial charge in [-0.25, -0.2) is 4.98 Å². The molecule has 2 aromatic carbocycles. The average molecular weight is 375 g/mol. The first-order valence-electron chi connectivity index (χ1n) is 8.83. The fourth-order valence-corrected chi connectivity index (χ4v) is 4.49. The molecular weight excluding hydrogens is 358 g/mol. The lowest BCUT2D eigenvalue weighted by Gasteiger charge is -2.32. The van der Waals surface area contributed by atoms with Gasteiger partial charge in [0, 0.05) is 12.1 Å². The molecule has 7 heteroatoms. The fourth-order valence-electron chi connectivity index (χ4n) is 3.69. The maximum atomic E-state index is 13.2. The predicted molar refractivity (Wildman–Crippen MR) is 105 cm³/mol. The molecule has 27 heavy (non-hydrogen) atoms. The molecule has 0 bridgehead atoms. The summed E-state index contributed by atoms with van der Waals surface area (Å²) in [5, 5.41) is 8.77. The molecule has 0 spiro atoms. The van der Waals surface area contributed by atoms with Crippen molar-refractivity contribution < 1.29 is 4.79 Å². The number of carbonyl (C=O) groups is 1. The van der Waals surface area contributed by atoms with Crippen LogP contribution in [0.1, 0.15) is 29.1 Å². The van der Waals surface area contributed by atoms with E-state index in [2.05, 4.69) is 26.7 Å². The van der Waals surface area contributed by atoms with Crippen molar-refractivity contribution >= 4 is 27.5 Å². The lowest BCUT2D eigenvalue weighted by molar-refractivity contribution is 0.0684. The number of carbonyl (C=O) groups excluding carboxylic acids is 1. The van der Waals surface area contributed by atoms with Gasteiger partial charge in [0.2, 0.25) is 0 Å². The van der Waals surface area contributed by atoms with Gasteiger partial charge in [-0.15, -0.1) is 21.5 Å². The molecule has 3 heterocycles. The molecule has 134 valence electrons. The third-order valence-corrected chi connectivity index (χ3v) is 5.81. The Balaban J connectivity index is 1.50. The van der Waals surface area contributed by atoms with Gasteiger partial charge in [0.15, 0.2) is 11.6 Å². The van der Waals surface area contributed by atoms with E-state index in [1.165, 1.54) is 11.3 Å². The predicted octanol–water partition coefficient (Wildman–Crippen LogP) is 3.77. The van der Waals surface area contributed by atoms with Crippen LogP contribution in [-0.4, -0.2) is 37.1 Å². The number of thiazole rings is 1.